The third kappa shape index (κ3) is 3.61. The van der Waals surface area contributed by atoms with Crippen molar-refractivity contribution in [2.75, 3.05) is 11.1 Å². The van der Waals surface area contributed by atoms with Crippen molar-refractivity contribution in [1.82, 2.24) is 9.97 Å². The normalized spacial score (nSPS) is 15.6. The van der Waals surface area contributed by atoms with Crippen LogP contribution in [0.5, 0.6) is 5.75 Å². The van der Waals surface area contributed by atoms with Gasteiger partial charge in [-0.2, -0.15) is 0 Å². The molecule has 0 saturated carbocycles. The highest BCUT2D eigenvalue weighted by Gasteiger charge is 2.26. The van der Waals surface area contributed by atoms with Crippen LogP contribution < -0.4 is 11.1 Å². The molecule has 29 heavy (non-hydrogen) atoms. The molecule has 4 rings (SSSR count). The Hall–Kier alpha value is -3.55. The first kappa shape index (κ1) is 18.8. The van der Waals surface area contributed by atoms with Crippen LogP contribution in [-0.2, 0) is 6.42 Å². The van der Waals surface area contributed by atoms with Crippen LogP contribution in [0.3, 0.4) is 0 Å². The van der Waals surface area contributed by atoms with Gasteiger partial charge in [-0.05, 0) is 43.0 Å². The molecule has 3 aromatic rings. The number of rotatable bonds is 4. The Labute approximate surface area is 166 Å². The smallest absolute Gasteiger partial charge is 0.141 e. The number of aromatic hydroxyl groups is 1. The van der Waals surface area contributed by atoms with E-state index in [0.717, 1.165) is 30.5 Å². The van der Waals surface area contributed by atoms with Gasteiger partial charge in [0, 0.05) is 17.2 Å². The molecular weight excluding hydrogens is 376 g/mol. The predicted octanol–water partition coefficient (Wildman–Crippen LogP) is 3.95. The third-order valence-electron chi connectivity index (χ3n) is 5.04. The van der Waals surface area contributed by atoms with Crippen LogP contribution in [0.1, 0.15) is 41.1 Å². The number of phenols is 1. The summed E-state index contributed by atoms with van der Waals surface area (Å²) >= 11 is 0. The first-order valence-electron chi connectivity index (χ1n) is 9.17. The number of hydrogen-bond donors (Lipinski definition) is 4. The second-order valence-corrected chi connectivity index (χ2v) is 6.96. The molecule has 2 aromatic carbocycles. The van der Waals surface area contributed by atoms with Gasteiger partial charge in [0.2, 0.25) is 0 Å². The molecule has 1 heterocycles. The number of fused-ring (bicyclic) bond motifs is 1. The predicted molar refractivity (Wildman–Crippen MR) is 106 cm³/mol. The first-order chi connectivity index (χ1) is 13.9. The molecule has 1 atom stereocenters. The van der Waals surface area contributed by atoms with Gasteiger partial charge in [0.1, 0.15) is 35.3 Å². The summed E-state index contributed by atoms with van der Waals surface area (Å²) < 4.78 is 28.2. The minimum absolute atomic E-state index is 0.0285. The van der Waals surface area contributed by atoms with E-state index in [2.05, 4.69) is 15.3 Å². The summed E-state index contributed by atoms with van der Waals surface area (Å²) in [6, 6.07) is 8.00. The van der Waals surface area contributed by atoms with Gasteiger partial charge in [0.05, 0.1) is 17.3 Å². The number of aryl methyl sites for hydroxylation is 1. The summed E-state index contributed by atoms with van der Waals surface area (Å²) in [6.07, 6.45) is 3.61. The monoisotopic (exact) mass is 395 g/mol. The average molecular weight is 395 g/mol. The average Bonchev–Trinajstić information content (AvgIpc) is 2.67. The molecule has 0 radical (unpaired) electrons. The Bertz CT molecular complexity index is 1080. The van der Waals surface area contributed by atoms with Crippen LogP contribution in [0.15, 0.2) is 42.7 Å². The quantitative estimate of drug-likeness (QED) is 0.500. The SMILES string of the molecule is N=C(c1cc(O)cc(F)c1)c1c(N)ncnc1NC1CCCc2cccc(F)c21. The molecule has 6 nitrogen and oxygen atoms in total. The van der Waals surface area contributed by atoms with Gasteiger partial charge >= 0.3 is 0 Å². The highest BCUT2D eigenvalue weighted by Crippen LogP contribution is 2.35. The Balaban J connectivity index is 1.74. The highest BCUT2D eigenvalue weighted by atomic mass is 19.1. The molecule has 0 amide bonds. The third-order valence-corrected chi connectivity index (χ3v) is 5.04. The van der Waals surface area contributed by atoms with Crippen molar-refractivity contribution in [2.45, 2.75) is 25.3 Å². The molecular formula is C21H19F2N5O. The topological polar surface area (TPSA) is 108 Å². The summed E-state index contributed by atoms with van der Waals surface area (Å²) in [6.45, 7) is 0. The number of phenolic OH excluding ortho intramolecular Hbond substituents is 1. The van der Waals surface area contributed by atoms with E-state index in [0.29, 0.717) is 12.0 Å². The maximum absolute atomic E-state index is 14.5. The highest BCUT2D eigenvalue weighted by molar-refractivity contribution is 6.16. The zero-order valence-electron chi connectivity index (χ0n) is 15.4. The van der Waals surface area contributed by atoms with E-state index in [1.807, 2.05) is 6.07 Å². The number of nitrogen functional groups attached to an aromatic ring is 1. The minimum Gasteiger partial charge on any atom is -0.508 e. The van der Waals surface area contributed by atoms with Gasteiger partial charge in [0.15, 0.2) is 0 Å². The number of anilines is 2. The first-order valence-corrected chi connectivity index (χ1v) is 9.17. The lowest BCUT2D eigenvalue weighted by molar-refractivity contribution is 0.469. The van der Waals surface area contributed by atoms with Gasteiger partial charge in [-0.3, -0.25) is 5.41 Å². The second-order valence-electron chi connectivity index (χ2n) is 6.96. The number of nitrogens with two attached hydrogens (primary N) is 1. The summed E-state index contributed by atoms with van der Waals surface area (Å²) in [7, 11) is 0. The minimum atomic E-state index is -0.682. The fourth-order valence-corrected chi connectivity index (χ4v) is 3.76. The largest absolute Gasteiger partial charge is 0.508 e. The lowest BCUT2D eigenvalue weighted by Gasteiger charge is -2.28. The van der Waals surface area contributed by atoms with Crippen LogP contribution in [0.25, 0.3) is 0 Å². The Morgan fingerprint density at radius 2 is 2.03 bits per heavy atom. The number of nitrogens with zero attached hydrogens (tertiary/aromatic N) is 2. The molecule has 0 spiro atoms. The molecule has 5 N–H and O–H groups in total. The van der Waals surface area contributed by atoms with Crippen molar-refractivity contribution < 1.29 is 13.9 Å². The molecule has 0 fully saturated rings. The van der Waals surface area contributed by atoms with E-state index in [-0.39, 0.29) is 46.1 Å². The molecule has 1 aliphatic rings. The molecule has 8 heteroatoms. The van der Waals surface area contributed by atoms with Crippen LogP contribution in [0.2, 0.25) is 0 Å². The van der Waals surface area contributed by atoms with Crippen LogP contribution in [0.4, 0.5) is 20.4 Å². The lowest BCUT2D eigenvalue weighted by atomic mass is 9.87. The van der Waals surface area contributed by atoms with E-state index in [9.17, 15) is 13.9 Å². The maximum Gasteiger partial charge on any atom is 0.141 e. The van der Waals surface area contributed by atoms with Crippen molar-refractivity contribution in [3.8, 4) is 5.75 Å². The van der Waals surface area contributed by atoms with Crippen molar-refractivity contribution in [2.24, 2.45) is 0 Å². The van der Waals surface area contributed by atoms with Crippen LogP contribution >= 0.6 is 0 Å². The van der Waals surface area contributed by atoms with Crippen molar-refractivity contribution >= 4 is 17.3 Å². The number of aromatic nitrogens is 2. The maximum atomic E-state index is 14.5. The van der Waals surface area contributed by atoms with E-state index < -0.39 is 5.82 Å². The molecule has 148 valence electrons. The van der Waals surface area contributed by atoms with E-state index >= 15 is 0 Å². The standard InChI is InChI=1S/C21H19F2N5O/c22-13-7-12(8-14(29)9-13)19(24)18-20(25)26-10-27-21(18)28-16-6-2-4-11-3-1-5-15(23)17(11)16/h1,3,5,7-10,16,24,29H,2,4,6H2,(H3,25,26,27,28). The molecule has 1 aromatic heterocycles. The van der Waals surface area contributed by atoms with E-state index in [4.69, 9.17) is 11.1 Å². The number of halogens is 2. The zero-order valence-corrected chi connectivity index (χ0v) is 15.4. The van der Waals surface area contributed by atoms with Crippen LogP contribution in [0, 0.1) is 17.0 Å². The number of nitrogens with one attached hydrogen (secondary N) is 2. The molecule has 0 saturated heterocycles. The summed E-state index contributed by atoms with van der Waals surface area (Å²) in [5.41, 5.74) is 7.66. The van der Waals surface area contributed by atoms with E-state index in [1.165, 1.54) is 18.5 Å². The van der Waals surface area contributed by atoms with Gasteiger partial charge < -0.3 is 16.2 Å². The van der Waals surface area contributed by atoms with Crippen LogP contribution in [-0.4, -0.2) is 20.8 Å². The molecule has 1 aliphatic carbocycles. The van der Waals surface area contributed by atoms with Crippen molar-refractivity contribution in [3.63, 3.8) is 0 Å². The van der Waals surface area contributed by atoms with Gasteiger partial charge in [-0.25, -0.2) is 18.7 Å². The molecule has 0 bridgehead atoms. The fraction of sp³-hybridized carbons (Fsp3) is 0.190. The van der Waals surface area contributed by atoms with E-state index in [1.54, 1.807) is 6.07 Å². The van der Waals surface area contributed by atoms with Gasteiger partial charge in [0.25, 0.3) is 0 Å². The summed E-state index contributed by atoms with van der Waals surface area (Å²) in [4.78, 5) is 8.15. The molecule has 0 aliphatic heterocycles. The summed E-state index contributed by atoms with van der Waals surface area (Å²) in [5, 5.41) is 21.4. The zero-order chi connectivity index (χ0) is 20.5. The van der Waals surface area contributed by atoms with Crippen molar-refractivity contribution in [3.05, 3.63) is 76.6 Å². The molecule has 1 unspecified atom stereocenters. The Kier molecular flexibility index (Phi) is 4.84. The second kappa shape index (κ2) is 7.46. The number of hydrogen-bond acceptors (Lipinski definition) is 6. The van der Waals surface area contributed by atoms with Gasteiger partial charge in [-0.15, -0.1) is 0 Å². The lowest BCUT2D eigenvalue weighted by Crippen LogP contribution is -2.22. The Morgan fingerprint density at radius 3 is 2.83 bits per heavy atom. The summed E-state index contributed by atoms with van der Waals surface area (Å²) in [5.74, 6) is -1.00. The number of benzene rings is 2. The van der Waals surface area contributed by atoms with Gasteiger partial charge in [-0.1, -0.05) is 12.1 Å². The fourth-order valence-electron chi connectivity index (χ4n) is 3.76. The van der Waals surface area contributed by atoms with Crippen molar-refractivity contribution in [1.29, 1.82) is 5.41 Å². The Morgan fingerprint density at radius 1 is 1.21 bits per heavy atom.